The summed E-state index contributed by atoms with van der Waals surface area (Å²) in [5.74, 6) is 0.345. The third-order valence-electron chi connectivity index (χ3n) is 3.47. The van der Waals surface area contributed by atoms with E-state index in [2.05, 4.69) is 24.1 Å². The van der Waals surface area contributed by atoms with Gasteiger partial charge in [-0.05, 0) is 18.8 Å². The summed E-state index contributed by atoms with van der Waals surface area (Å²) in [4.78, 5) is 16.3. The molecule has 0 radical (unpaired) electrons. The summed E-state index contributed by atoms with van der Waals surface area (Å²) in [7, 11) is 0. The molecule has 2 atom stereocenters. The van der Waals surface area contributed by atoms with Crippen LogP contribution in [0.2, 0.25) is 0 Å². The van der Waals surface area contributed by atoms with Gasteiger partial charge in [-0.1, -0.05) is 13.8 Å². The molecule has 1 aromatic rings. The molecule has 6 heteroatoms. The van der Waals surface area contributed by atoms with Gasteiger partial charge < -0.3 is 15.8 Å². The van der Waals surface area contributed by atoms with Gasteiger partial charge in [-0.2, -0.15) is 0 Å². The standard InChI is InChI=1S/C14H23N3O2S/c1-9(2)13(15)14-17-10(8-20-14)6-12(18)16-7-11-4-3-5-19-11/h8-9,11,13H,3-7,15H2,1-2H3,(H,16,18). The first-order valence-corrected chi connectivity index (χ1v) is 8.02. The lowest BCUT2D eigenvalue weighted by atomic mass is 10.1. The lowest BCUT2D eigenvalue weighted by Crippen LogP contribution is -2.32. The molecule has 20 heavy (non-hydrogen) atoms. The van der Waals surface area contributed by atoms with Gasteiger partial charge in [0.1, 0.15) is 5.01 Å². The first-order valence-electron chi connectivity index (χ1n) is 7.14. The van der Waals surface area contributed by atoms with E-state index in [0.717, 1.165) is 30.2 Å². The van der Waals surface area contributed by atoms with Crippen LogP contribution < -0.4 is 11.1 Å². The van der Waals surface area contributed by atoms with Crippen LogP contribution in [0.3, 0.4) is 0 Å². The van der Waals surface area contributed by atoms with Crippen molar-refractivity contribution in [1.82, 2.24) is 10.3 Å². The lowest BCUT2D eigenvalue weighted by molar-refractivity contribution is -0.121. The molecule has 3 N–H and O–H groups in total. The van der Waals surface area contributed by atoms with Crippen molar-refractivity contribution in [2.24, 2.45) is 11.7 Å². The summed E-state index contributed by atoms with van der Waals surface area (Å²) in [6.07, 6.45) is 2.61. The van der Waals surface area contributed by atoms with Crippen molar-refractivity contribution in [2.75, 3.05) is 13.2 Å². The summed E-state index contributed by atoms with van der Waals surface area (Å²) in [6.45, 7) is 5.55. The van der Waals surface area contributed by atoms with Gasteiger partial charge in [0.2, 0.25) is 5.91 Å². The third-order valence-corrected chi connectivity index (χ3v) is 4.46. The second-order valence-corrected chi connectivity index (χ2v) is 6.45. The van der Waals surface area contributed by atoms with E-state index >= 15 is 0 Å². The van der Waals surface area contributed by atoms with Gasteiger partial charge in [-0.3, -0.25) is 4.79 Å². The molecule has 0 bridgehead atoms. The Morgan fingerprint density at radius 2 is 2.45 bits per heavy atom. The quantitative estimate of drug-likeness (QED) is 0.837. The van der Waals surface area contributed by atoms with Gasteiger partial charge in [-0.15, -0.1) is 11.3 Å². The molecule has 0 saturated carbocycles. The number of hydrogen-bond donors (Lipinski definition) is 2. The number of thiazole rings is 1. The van der Waals surface area contributed by atoms with Crippen molar-refractivity contribution in [1.29, 1.82) is 0 Å². The Morgan fingerprint density at radius 3 is 3.10 bits per heavy atom. The van der Waals surface area contributed by atoms with Crippen LogP contribution >= 0.6 is 11.3 Å². The fourth-order valence-corrected chi connectivity index (χ4v) is 3.09. The Hall–Kier alpha value is -0.980. The first kappa shape index (κ1) is 15.4. The number of carbonyl (C=O) groups excluding carboxylic acids is 1. The summed E-state index contributed by atoms with van der Waals surface area (Å²) >= 11 is 1.53. The molecule has 1 aromatic heterocycles. The summed E-state index contributed by atoms with van der Waals surface area (Å²) < 4.78 is 5.47. The molecule has 2 unspecified atom stereocenters. The number of ether oxygens (including phenoxy) is 1. The maximum absolute atomic E-state index is 11.8. The Balaban J connectivity index is 1.79. The van der Waals surface area contributed by atoms with Crippen molar-refractivity contribution in [3.63, 3.8) is 0 Å². The molecule has 1 saturated heterocycles. The lowest BCUT2D eigenvalue weighted by Gasteiger charge is -2.11. The number of nitrogens with two attached hydrogens (primary N) is 1. The van der Waals surface area contributed by atoms with E-state index in [1.54, 1.807) is 0 Å². The second kappa shape index (κ2) is 7.15. The largest absolute Gasteiger partial charge is 0.376 e. The number of carbonyl (C=O) groups is 1. The highest BCUT2D eigenvalue weighted by atomic mass is 32.1. The van der Waals surface area contributed by atoms with Crippen molar-refractivity contribution >= 4 is 17.2 Å². The number of hydrogen-bond acceptors (Lipinski definition) is 5. The summed E-state index contributed by atoms with van der Waals surface area (Å²) in [5.41, 5.74) is 6.85. The zero-order chi connectivity index (χ0) is 14.5. The van der Waals surface area contributed by atoms with Crippen LogP contribution in [0.25, 0.3) is 0 Å². The minimum Gasteiger partial charge on any atom is -0.376 e. The molecule has 1 fully saturated rings. The fourth-order valence-electron chi connectivity index (χ4n) is 2.10. The van der Waals surface area contributed by atoms with Crippen molar-refractivity contribution < 1.29 is 9.53 Å². The monoisotopic (exact) mass is 297 g/mol. The van der Waals surface area contributed by atoms with E-state index in [0.29, 0.717) is 18.9 Å². The van der Waals surface area contributed by atoms with Gasteiger partial charge in [0.15, 0.2) is 0 Å². The molecule has 1 amide bonds. The number of nitrogens with one attached hydrogen (secondary N) is 1. The van der Waals surface area contributed by atoms with Crippen LogP contribution in [0, 0.1) is 5.92 Å². The van der Waals surface area contributed by atoms with E-state index in [1.807, 2.05) is 5.38 Å². The number of rotatable bonds is 6. The molecule has 112 valence electrons. The molecular weight excluding hydrogens is 274 g/mol. The molecule has 1 aliphatic heterocycles. The Labute approximate surface area is 123 Å². The Bertz CT molecular complexity index is 441. The van der Waals surface area contributed by atoms with E-state index in [9.17, 15) is 4.79 Å². The molecule has 2 rings (SSSR count). The van der Waals surface area contributed by atoms with Crippen molar-refractivity contribution in [2.45, 2.75) is 45.3 Å². The van der Waals surface area contributed by atoms with Gasteiger partial charge in [0.25, 0.3) is 0 Å². The van der Waals surface area contributed by atoms with Gasteiger partial charge in [0.05, 0.1) is 24.3 Å². The molecule has 0 aromatic carbocycles. The summed E-state index contributed by atoms with van der Waals surface area (Å²) in [5, 5.41) is 5.73. The normalized spacial score (nSPS) is 20.3. The van der Waals surface area contributed by atoms with Crippen LogP contribution in [0.5, 0.6) is 0 Å². The van der Waals surface area contributed by atoms with E-state index in [-0.39, 0.29) is 18.1 Å². The van der Waals surface area contributed by atoms with Crippen molar-refractivity contribution in [3.05, 3.63) is 16.1 Å². The number of aromatic nitrogens is 1. The highest BCUT2D eigenvalue weighted by Gasteiger charge is 2.18. The molecule has 0 spiro atoms. The number of amides is 1. The zero-order valence-corrected chi connectivity index (χ0v) is 12.9. The predicted octanol–water partition coefficient (Wildman–Crippen LogP) is 1.64. The van der Waals surface area contributed by atoms with Gasteiger partial charge >= 0.3 is 0 Å². The summed E-state index contributed by atoms with van der Waals surface area (Å²) in [6, 6.07) is -0.0521. The maximum Gasteiger partial charge on any atom is 0.226 e. The average molecular weight is 297 g/mol. The molecule has 5 nitrogen and oxygen atoms in total. The Kier molecular flexibility index (Phi) is 5.51. The molecule has 0 aliphatic carbocycles. The molecule has 1 aliphatic rings. The first-order chi connectivity index (χ1) is 9.56. The maximum atomic E-state index is 11.8. The van der Waals surface area contributed by atoms with E-state index < -0.39 is 0 Å². The smallest absolute Gasteiger partial charge is 0.226 e. The Morgan fingerprint density at radius 1 is 1.65 bits per heavy atom. The number of nitrogens with zero attached hydrogens (tertiary/aromatic N) is 1. The van der Waals surface area contributed by atoms with E-state index in [4.69, 9.17) is 10.5 Å². The minimum absolute atomic E-state index is 0.00420. The van der Waals surface area contributed by atoms with Gasteiger partial charge in [0, 0.05) is 18.5 Å². The van der Waals surface area contributed by atoms with Crippen LogP contribution in [0.1, 0.15) is 43.4 Å². The SMILES string of the molecule is CC(C)C(N)c1nc(CC(=O)NCC2CCCO2)cs1. The predicted molar refractivity (Wildman–Crippen MR) is 79.6 cm³/mol. The fraction of sp³-hybridized carbons (Fsp3) is 0.714. The molecule has 2 heterocycles. The van der Waals surface area contributed by atoms with Crippen LogP contribution in [-0.4, -0.2) is 30.1 Å². The van der Waals surface area contributed by atoms with Crippen molar-refractivity contribution in [3.8, 4) is 0 Å². The minimum atomic E-state index is -0.0521. The van der Waals surface area contributed by atoms with Gasteiger partial charge in [-0.25, -0.2) is 4.98 Å². The third kappa shape index (κ3) is 4.26. The highest BCUT2D eigenvalue weighted by Crippen LogP contribution is 2.22. The van der Waals surface area contributed by atoms with E-state index in [1.165, 1.54) is 11.3 Å². The highest BCUT2D eigenvalue weighted by molar-refractivity contribution is 7.09. The van der Waals surface area contributed by atoms with Crippen LogP contribution in [0.15, 0.2) is 5.38 Å². The van der Waals surface area contributed by atoms with Crippen LogP contribution in [0.4, 0.5) is 0 Å². The molecular formula is C14H23N3O2S. The second-order valence-electron chi connectivity index (χ2n) is 5.56. The zero-order valence-electron chi connectivity index (χ0n) is 12.1. The van der Waals surface area contributed by atoms with Crippen LogP contribution in [-0.2, 0) is 16.0 Å². The average Bonchev–Trinajstić information content (AvgIpc) is 3.06. The topological polar surface area (TPSA) is 77.2 Å².